The van der Waals surface area contributed by atoms with Gasteiger partial charge in [0.15, 0.2) is 6.61 Å². The summed E-state index contributed by atoms with van der Waals surface area (Å²) in [6, 6.07) is 28.9. The Labute approximate surface area is 250 Å². The van der Waals surface area contributed by atoms with E-state index in [1.54, 1.807) is 18.3 Å². The summed E-state index contributed by atoms with van der Waals surface area (Å²) >= 11 is 0. The smallest absolute Gasteiger partial charge is 0.408 e. The van der Waals surface area contributed by atoms with E-state index in [2.05, 4.69) is 26.9 Å². The third kappa shape index (κ3) is 9.20. The number of carbonyl (C=O) groups excluding carboxylic acids is 3. The number of hydrogen-bond acceptors (Lipinski definition) is 6. The van der Waals surface area contributed by atoms with Crippen molar-refractivity contribution in [2.75, 3.05) is 12.3 Å². The van der Waals surface area contributed by atoms with Gasteiger partial charge in [0.25, 0.3) is 0 Å². The number of anilines is 1. The molecule has 0 aliphatic heterocycles. The number of hydrogen-bond donors (Lipinski definition) is 4. The molecule has 0 bridgehead atoms. The van der Waals surface area contributed by atoms with Crippen molar-refractivity contribution in [1.82, 2.24) is 20.9 Å². The molecule has 0 saturated heterocycles. The molecule has 1 atom stereocenters. The highest BCUT2D eigenvalue weighted by molar-refractivity contribution is 5.92. The van der Waals surface area contributed by atoms with E-state index in [0.29, 0.717) is 5.82 Å². The average molecular weight is 576 g/mol. The van der Waals surface area contributed by atoms with Crippen LogP contribution >= 0.6 is 0 Å². The molecule has 0 fully saturated rings. The van der Waals surface area contributed by atoms with Gasteiger partial charge in [-0.25, -0.2) is 9.78 Å². The summed E-state index contributed by atoms with van der Waals surface area (Å²) in [7, 11) is 0. The SMILES string of the molecule is C#CCOC(=O)NCc1ccc(CNC(=O)C(Cc2ccc(N)nc2)NC(=O)C(c2ccccc2)c2ccccc2)cc1. The number of nitrogen functional groups attached to an aromatic ring is 1. The van der Waals surface area contributed by atoms with Crippen molar-refractivity contribution in [3.8, 4) is 12.3 Å². The second-order valence-corrected chi connectivity index (χ2v) is 9.78. The van der Waals surface area contributed by atoms with Crippen LogP contribution in [-0.4, -0.2) is 35.5 Å². The third-order valence-corrected chi connectivity index (χ3v) is 6.66. The van der Waals surface area contributed by atoms with Crippen molar-refractivity contribution in [2.24, 2.45) is 0 Å². The summed E-state index contributed by atoms with van der Waals surface area (Å²) < 4.78 is 4.79. The minimum absolute atomic E-state index is 0.0973. The lowest BCUT2D eigenvalue weighted by Crippen LogP contribution is -2.49. The van der Waals surface area contributed by atoms with Crippen LogP contribution in [0.15, 0.2) is 103 Å². The third-order valence-electron chi connectivity index (χ3n) is 6.66. The van der Waals surface area contributed by atoms with Gasteiger partial charge in [-0.2, -0.15) is 0 Å². The second-order valence-electron chi connectivity index (χ2n) is 9.78. The largest absolute Gasteiger partial charge is 0.436 e. The Balaban J connectivity index is 1.46. The number of aromatic nitrogens is 1. The van der Waals surface area contributed by atoms with E-state index in [4.69, 9.17) is 16.9 Å². The van der Waals surface area contributed by atoms with E-state index in [-0.39, 0.29) is 37.9 Å². The lowest BCUT2D eigenvalue weighted by atomic mass is 9.90. The lowest BCUT2D eigenvalue weighted by Gasteiger charge is -2.23. The standard InChI is InChI=1S/C34H33N5O4/c1-2-19-43-34(42)38-22-25-15-13-24(14-16-25)21-37-32(40)29(20-26-17-18-30(35)36-23-26)39-33(41)31(27-9-5-3-6-10-27)28-11-7-4-8-12-28/h1,3-18,23,29,31H,19-22H2,(H2,35,36)(H,37,40)(H,38,42)(H,39,41). The predicted molar refractivity (Wildman–Crippen MR) is 164 cm³/mol. The Bertz CT molecular complexity index is 1500. The number of terminal acetylenes is 1. The number of ether oxygens (including phenoxy) is 1. The van der Waals surface area contributed by atoms with Gasteiger partial charge >= 0.3 is 6.09 Å². The van der Waals surface area contributed by atoms with Crippen molar-refractivity contribution in [3.05, 3.63) is 131 Å². The molecule has 9 nitrogen and oxygen atoms in total. The Morgan fingerprint density at radius 1 is 0.767 bits per heavy atom. The number of nitrogens with two attached hydrogens (primary N) is 1. The Kier molecular flexibility index (Phi) is 10.9. The molecule has 3 amide bonds. The molecule has 5 N–H and O–H groups in total. The van der Waals surface area contributed by atoms with Crippen LogP contribution in [0.4, 0.5) is 10.6 Å². The Morgan fingerprint density at radius 3 is 1.86 bits per heavy atom. The number of nitrogens with zero attached hydrogens (tertiary/aromatic N) is 1. The molecule has 0 saturated carbocycles. The lowest BCUT2D eigenvalue weighted by molar-refractivity contribution is -0.129. The number of amides is 3. The van der Waals surface area contributed by atoms with Crippen LogP contribution in [0.1, 0.15) is 33.7 Å². The minimum Gasteiger partial charge on any atom is -0.436 e. The van der Waals surface area contributed by atoms with E-state index in [1.165, 1.54) is 0 Å². The molecular weight excluding hydrogens is 542 g/mol. The Hall–Kier alpha value is -5.62. The molecule has 4 aromatic rings. The summed E-state index contributed by atoms with van der Waals surface area (Å²) in [5.74, 6) is 1.36. The molecule has 1 unspecified atom stereocenters. The molecule has 43 heavy (non-hydrogen) atoms. The molecule has 4 rings (SSSR count). The number of carbonyl (C=O) groups is 3. The van der Waals surface area contributed by atoms with Crippen LogP contribution in [0, 0.1) is 12.3 Å². The van der Waals surface area contributed by atoms with Crippen molar-refractivity contribution >= 4 is 23.7 Å². The first kappa shape index (κ1) is 30.3. The van der Waals surface area contributed by atoms with E-state index in [1.807, 2.05) is 84.9 Å². The molecule has 0 radical (unpaired) electrons. The molecule has 0 aliphatic rings. The van der Waals surface area contributed by atoms with E-state index >= 15 is 0 Å². The molecule has 0 aliphatic carbocycles. The summed E-state index contributed by atoms with van der Waals surface area (Å²) in [6.45, 7) is 0.410. The van der Waals surface area contributed by atoms with Gasteiger partial charge in [-0.1, -0.05) is 96.9 Å². The summed E-state index contributed by atoms with van der Waals surface area (Å²) in [4.78, 5) is 43.0. The number of pyridine rings is 1. The summed E-state index contributed by atoms with van der Waals surface area (Å²) in [6.07, 6.45) is 6.31. The summed E-state index contributed by atoms with van der Waals surface area (Å²) in [5, 5.41) is 8.55. The molecule has 3 aromatic carbocycles. The summed E-state index contributed by atoms with van der Waals surface area (Å²) in [5.41, 5.74) is 9.83. The van der Waals surface area contributed by atoms with Crippen LogP contribution < -0.4 is 21.7 Å². The molecule has 0 spiro atoms. The van der Waals surface area contributed by atoms with Gasteiger partial charge < -0.3 is 26.4 Å². The zero-order chi connectivity index (χ0) is 30.4. The molecule has 218 valence electrons. The van der Waals surface area contributed by atoms with Gasteiger partial charge in [-0.15, -0.1) is 6.42 Å². The fourth-order valence-electron chi connectivity index (χ4n) is 4.46. The van der Waals surface area contributed by atoms with Crippen LogP contribution in [0.5, 0.6) is 0 Å². The van der Waals surface area contributed by atoms with Crippen molar-refractivity contribution < 1.29 is 19.1 Å². The topological polar surface area (TPSA) is 135 Å². The maximum Gasteiger partial charge on any atom is 0.408 e. The highest BCUT2D eigenvalue weighted by Crippen LogP contribution is 2.25. The Morgan fingerprint density at radius 2 is 1.33 bits per heavy atom. The van der Waals surface area contributed by atoms with Crippen LogP contribution in [0.25, 0.3) is 0 Å². The monoisotopic (exact) mass is 575 g/mol. The maximum atomic E-state index is 13.8. The van der Waals surface area contributed by atoms with Crippen LogP contribution in [0.3, 0.4) is 0 Å². The van der Waals surface area contributed by atoms with E-state index in [0.717, 1.165) is 27.8 Å². The van der Waals surface area contributed by atoms with Gasteiger partial charge in [0.1, 0.15) is 11.9 Å². The first-order chi connectivity index (χ1) is 20.9. The second kappa shape index (κ2) is 15.4. The van der Waals surface area contributed by atoms with Crippen LogP contribution in [0.2, 0.25) is 0 Å². The number of rotatable bonds is 12. The minimum atomic E-state index is -0.870. The maximum absolute atomic E-state index is 13.8. The normalized spacial score (nSPS) is 11.2. The van der Waals surface area contributed by atoms with Crippen LogP contribution in [-0.2, 0) is 33.8 Å². The van der Waals surface area contributed by atoms with E-state index in [9.17, 15) is 14.4 Å². The van der Waals surface area contributed by atoms with Crippen molar-refractivity contribution in [3.63, 3.8) is 0 Å². The van der Waals surface area contributed by atoms with Gasteiger partial charge in [-0.3, -0.25) is 9.59 Å². The fraction of sp³-hybridized carbons (Fsp3) is 0.176. The molecule has 1 heterocycles. The molecule has 9 heteroatoms. The van der Waals surface area contributed by atoms with Crippen molar-refractivity contribution in [2.45, 2.75) is 31.5 Å². The van der Waals surface area contributed by atoms with E-state index < -0.39 is 18.1 Å². The number of nitrogens with one attached hydrogen (secondary N) is 3. The number of benzene rings is 3. The molecule has 1 aromatic heterocycles. The highest BCUT2D eigenvalue weighted by Gasteiger charge is 2.28. The van der Waals surface area contributed by atoms with Gasteiger partial charge in [0.2, 0.25) is 11.8 Å². The van der Waals surface area contributed by atoms with Crippen molar-refractivity contribution in [1.29, 1.82) is 0 Å². The molecular formula is C34H33N5O4. The number of alkyl carbamates (subject to hydrolysis) is 1. The van der Waals surface area contributed by atoms with Gasteiger partial charge in [-0.05, 0) is 33.9 Å². The average Bonchev–Trinajstić information content (AvgIpc) is 3.04. The fourth-order valence-corrected chi connectivity index (χ4v) is 4.46. The quantitative estimate of drug-likeness (QED) is 0.190. The first-order valence-electron chi connectivity index (χ1n) is 13.7. The highest BCUT2D eigenvalue weighted by atomic mass is 16.5. The first-order valence-corrected chi connectivity index (χ1v) is 13.7. The zero-order valence-electron chi connectivity index (χ0n) is 23.5. The zero-order valence-corrected chi connectivity index (χ0v) is 23.5. The predicted octanol–water partition coefficient (Wildman–Crippen LogP) is 3.70. The van der Waals surface area contributed by atoms with Gasteiger partial charge in [0, 0.05) is 25.7 Å². The van der Waals surface area contributed by atoms with Gasteiger partial charge in [0.05, 0.1) is 5.92 Å².